The smallest absolute Gasteiger partial charge is 0.414 e. The van der Waals surface area contributed by atoms with Crippen molar-refractivity contribution in [2.75, 3.05) is 6.61 Å². The number of alkyl carbamates (subject to hydrolysis) is 2. The fourth-order valence-corrected chi connectivity index (χ4v) is 3.64. The molecule has 1 atom stereocenters. The van der Waals surface area contributed by atoms with E-state index in [1.54, 1.807) is 20.8 Å². The van der Waals surface area contributed by atoms with Gasteiger partial charge < -0.3 is 19.9 Å². The summed E-state index contributed by atoms with van der Waals surface area (Å²) in [6.45, 7) is 4.86. The molecule has 3 N–H and O–H groups in total. The van der Waals surface area contributed by atoms with Crippen LogP contribution in [0.5, 0.6) is 0 Å². The molecule has 3 rings (SSSR count). The average molecular weight is 454 g/mol. The molecule has 1 aliphatic carbocycles. The van der Waals surface area contributed by atoms with Crippen LogP contribution in [-0.4, -0.2) is 47.4 Å². The first-order chi connectivity index (χ1) is 15.5. The molecular formula is C24H26N2O7. The molecule has 2 aromatic rings. The van der Waals surface area contributed by atoms with E-state index in [0.717, 1.165) is 22.3 Å². The molecule has 0 saturated carbocycles. The second-order valence-corrected chi connectivity index (χ2v) is 8.61. The van der Waals surface area contributed by atoms with E-state index in [4.69, 9.17) is 9.47 Å². The molecular weight excluding hydrogens is 428 g/mol. The van der Waals surface area contributed by atoms with Gasteiger partial charge in [-0.05, 0) is 43.0 Å². The summed E-state index contributed by atoms with van der Waals surface area (Å²) in [7, 11) is 0. The molecule has 0 bridgehead atoms. The molecule has 33 heavy (non-hydrogen) atoms. The minimum Gasteiger partial charge on any atom is -0.480 e. The van der Waals surface area contributed by atoms with Crippen LogP contribution in [0.2, 0.25) is 0 Å². The number of carbonyl (C=O) groups excluding carboxylic acids is 3. The van der Waals surface area contributed by atoms with E-state index in [0.29, 0.717) is 0 Å². The van der Waals surface area contributed by atoms with Gasteiger partial charge >= 0.3 is 18.2 Å². The fourth-order valence-electron chi connectivity index (χ4n) is 3.64. The van der Waals surface area contributed by atoms with Crippen LogP contribution in [0.25, 0.3) is 11.1 Å². The van der Waals surface area contributed by atoms with Gasteiger partial charge in [-0.3, -0.25) is 10.1 Å². The number of rotatable bonds is 6. The number of carboxylic acids is 1. The largest absolute Gasteiger partial charge is 0.480 e. The van der Waals surface area contributed by atoms with Crippen molar-refractivity contribution in [3.63, 3.8) is 0 Å². The monoisotopic (exact) mass is 454 g/mol. The maximum atomic E-state index is 12.3. The van der Waals surface area contributed by atoms with Crippen molar-refractivity contribution in [3.05, 3.63) is 59.7 Å². The first-order valence-electron chi connectivity index (χ1n) is 10.4. The summed E-state index contributed by atoms with van der Waals surface area (Å²) < 4.78 is 10.3. The Labute approximate surface area is 191 Å². The molecule has 0 unspecified atom stereocenters. The van der Waals surface area contributed by atoms with Gasteiger partial charge in [0.1, 0.15) is 18.2 Å². The van der Waals surface area contributed by atoms with Crippen LogP contribution in [0.3, 0.4) is 0 Å². The van der Waals surface area contributed by atoms with Gasteiger partial charge in [-0.25, -0.2) is 14.4 Å². The number of imide groups is 1. The number of hydrogen-bond donors (Lipinski definition) is 3. The van der Waals surface area contributed by atoms with E-state index < -0.39 is 42.1 Å². The number of benzene rings is 2. The molecule has 0 fully saturated rings. The van der Waals surface area contributed by atoms with Gasteiger partial charge in [-0.15, -0.1) is 0 Å². The Morgan fingerprint density at radius 1 is 0.939 bits per heavy atom. The number of hydrogen-bond acceptors (Lipinski definition) is 6. The molecule has 3 amide bonds. The zero-order valence-corrected chi connectivity index (χ0v) is 18.6. The first-order valence-corrected chi connectivity index (χ1v) is 10.4. The van der Waals surface area contributed by atoms with Crippen molar-refractivity contribution < 1.29 is 33.8 Å². The van der Waals surface area contributed by atoms with Gasteiger partial charge in [0.25, 0.3) is 0 Å². The van der Waals surface area contributed by atoms with Gasteiger partial charge in [-0.2, -0.15) is 0 Å². The summed E-state index contributed by atoms with van der Waals surface area (Å²) in [4.78, 5) is 47.5. The molecule has 1 aliphatic rings. The molecule has 0 radical (unpaired) electrons. The Kier molecular flexibility index (Phi) is 7.01. The highest BCUT2D eigenvalue weighted by atomic mass is 16.6. The van der Waals surface area contributed by atoms with Gasteiger partial charge in [-0.1, -0.05) is 48.5 Å². The first kappa shape index (κ1) is 23.8. The van der Waals surface area contributed by atoms with Crippen molar-refractivity contribution in [2.24, 2.45) is 0 Å². The minimum atomic E-state index is -1.58. The van der Waals surface area contributed by atoms with Crippen LogP contribution in [-0.2, 0) is 19.1 Å². The molecule has 0 heterocycles. The van der Waals surface area contributed by atoms with E-state index >= 15 is 0 Å². The van der Waals surface area contributed by atoms with Gasteiger partial charge in [0.2, 0.25) is 5.91 Å². The second-order valence-electron chi connectivity index (χ2n) is 8.61. The molecule has 174 valence electrons. The van der Waals surface area contributed by atoms with Crippen molar-refractivity contribution in [3.8, 4) is 11.1 Å². The van der Waals surface area contributed by atoms with Gasteiger partial charge in [0.15, 0.2) is 0 Å². The molecule has 9 nitrogen and oxygen atoms in total. The van der Waals surface area contributed by atoms with E-state index in [2.05, 4.69) is 5.32 Å². The van der Waals surface area contributed by atoms with Crippen LogP contribution in [0, 0.1) is 0 Å². The highest BCUT2D eigenvalue weighted by molar-refractivity contribution is 5.95. The topological polar surface area (TPSA) is 131 Å². The highest BCUT2D eigenvalue weighted by Crippen LogP contribution is 2.44. The molecule has 0 saturated heterocycles. The lowest BCUT2D eigenvalue weighted by Crippen LogP contribution is -2.46. The number of nitrogens with one attached hydrogen (secondary N) is 2. The lowest BCUT2D eigenvalue weighted by atomic mass is 9.98. The van der Waals surface area contributed by atoms with Crippen LogP contribution >= 0.6 is 0 Å². The van der Waals surface area contributed by atoms with Crippen LogP contribution < -0.4 is 10.6 Å². The van der Waals surface area contributed by atoms with E-state index in [9.17, 15) is 24.3 Å². The van der Waals surface area contributed by atoms with Crippen LogP contribution in [0.15, 0.2) is 48.5 Å². The van der Waals surface area contributed by atoms with Crippen LogP contribution in [0.1, 0.15) is 44.2 Å². The minimum absolute atomic E-state index is 0.00367. The molecule has 0 aliphatic heterocycles. The van der Waals surface area contributed by atoms with Gasteiger partial charge in [0.05, 0.1) is 6.42 Å². The summed E-state index contributed by atoms with van der Waals surface area (Å²) in [5.74, 6) is -2.54. The SMILES string of the molecule is CC(C)(C)OC(=O)NC(=O)C[C@H](NC(=O)OCC1c2ccccc2-c2ccccc21)C(=O)O. The normalized spacial score (nSPS) is 13.3. The molecule has 0 aromatic heterocycles. The van der Waals surface area contributed by atoms with Crippen molar-refractivity contribution in [1.82, 2.24) is 10.6 Å². The van der Waals surface area contributed by atoms with E-state index in [1.807, 2.05) is 53.8 Å². The van der Waals surface area contributed by atoms with Crippen molar-refractivity contribution in [2.45, 2.75) is 44.8 Å². The predicted octanol–water partition coefficient (Wildman–Crippen LogP) is 3.42. The van der Waals surface area contributed by atoms with E-state index in [-0.39, 0.29) is 12.5 Å². The summed E-state index contributed by atoms with van der Waals surface area (Å²) in [6, 6.07) is 14.0. The van der Waals surface area contributed by atoms with Crippen molar-refractivity contribution >= 4 is 24.1 Å². The Balaban J connectivity index is 1.58. The fraction of sp³-hybridized carbons (Fsp3) is 0.333. The van der Waals surface area contributed by atoms with Crippen LogP contribution in [0.4, 0.5) is 9.59 Å². The highest BCUT2D eigenvalue weighted by Gasteiger charge is 2.30. The van der Waals surface area contributed by atoms with E-state index in [1.165, 1.54) is 0 Å². The lowest BCUT2D eigenvalue weighted by Gasteiger charge is -2.20. The third kappa shape index (κ3) is 6.09. The molecule has 9 heteroatoms. The third-order valence-electron chi connectivity index (χ3n) is 4.96. The summed E-state index contributed by atoms with van der Waals surface area (Å²) in [5, 5.41) is 13.5. The maximum absolute atomic E-state index is 12.3. The third-order valence-corrected chi connectivity index (χ3v) is 4.96. The Hall–Kier alpha value is -3.88. The van der Waals surface area contributed by atoms with Crippen molar-refractivity contribution in [1.29, 1.82) is 0 Å². The Morgan fingerprint density at radius 2 is 1.48 bits per heavy atom. The zero-order valence-electron chi connectivity index (χ0n) is 18.6. The lowest BCUT2D eigenvalue weighted by molar-refractivity contribution is -0.141. The Morgan fingerprint density at radius 3 is 2.00 bits per heavy atom. The number of carboxylic acid groups (broad SMARTS) is 1. The molecule has 0 spiro atoms. The van der Waals surface area contributed by atoms with Gasteiger partial charge in [0, 0.05) is 5.92 Å². The number of amides is 3. The number of fused-ring (bicyclic) bond motifs is 3. The summed E-state index contributed by atoms with van der Waals surface area (Å²) in [5.41, 5.74) is 3.32. The Bertz CT molecular complexity index is 1030. The summed E-state index contributed by atoms with van der Waals surface area (Å²) >= 11 is 0. The standard InChI is InChI=1S/C24H26N2O7/c1-24(2,3)33-23(31)26-20(27)12-19(21(28)29)25-22(30)32-13-18-16-10-6-4-8-14(16)15-9-5-7-11-17(15)18/h4-11,18-19H,12-13H2,1-3H3,(H,25,30)(H,28,29)(H,26,27,31)/t19-/m0/s1. The quantitative estimate of drug-likeness (QED) is 0.609. The number of carbonyl (C=O) groups is 4. The summed E-state index contributed by atoms with van der Waals surface area (Å²) in [6.07, 6.45) is -2.65. The number of ether oxygens (including phenoxy) is 2. The average Bonchev–Trinajstić information content (AvgIpc) is 3.04. The predicted molar refractivity (Wildman–Crippen MR) is 119 cm³/mol. The second kappa shape index (κ2) is 9.72. The number of aliphatic carboxylic acids is 1. The maximum Gasteiger partial charge on any atom is 0.414 e. The molecule has 2 aromatic carbocycles. The zero-order chi connectivity index (χ0) is 24.2.